The fourth-order valence-corrected chi connectivity index (χ4v) is 1.75. The first kappa shape index (κ1) is 13.7. The molecule has 0 saturated heterocycles. The normalized spacial score (nSPS) is 11.1. The van der Waals surface area contributed by atoms with Crippen molar-refractivity contribution in [2.75, 3.05) is 0 Å². The highest BCUT2D eigenvalue weighted by atomic mass is 35.5. The maximum Gasteiger partial charge on any atom is 0.229 e. The third-order valence-corrected chi connectivity index (χ3v) is 2.66. The SMILES string of the molecule is CCc1nnc(Cl)n1-c1c(F)c(F)c(F)c(F)c1F. The summed E-state index contributed by atoms with van der Waals surface area (Å²) < 4.78 is 66.9. The number of benzene rings is 1. The number of rotatable bonds is 2. The Morgan fingerprint density at radius 2 is 1.37 bits per heavy atom. The molecule has 9 heteroatoms. The van der Waals surface area contributed by atoms with E-state index in [1.165, 1.54) is 0 Å². The molecule has 1 heterocycles. The molecule has 1 aromatic carbocycles. The number of nitrogens with zero attached hydrogens (tertiary/aromatic N) is 3. The lowest BCUT2D eigenvalue weighted by Gasteiger charge is -2.11. The molecule has 0 unspecified atom stereocenters. The van der Waals surface area contributed by atoms with Gasteiger partial charge in [0.05, 0.1) is 0 Å². The number of hydrogen-bond donors (Lipinski definition) is 0. The first-order chi connectivity index (χ1) is 8.90. The van der Waals surface area contributed by atoms with E-state index in [0.717, 1.165) is 0 Å². The van der Waals surface area contributed by atoms with E-state index in [1.54, 1.807) is 6.92 Å². The molecule has 2 rings (SSSR count). The van der Waals surface area contributed by atoms with Crippen LogP contribution >= 0.6 is 11.6 Å². The molecule has 3 nitrogen and oxygen atoms in total. The zero-order chi connectivity index (χ0) is 14.3. The number of aromatic nitrogens is 3. The summed E-state index contributed by atoms with van der Waals surface area (Å²) in [6.45, 7) is 1.56. The molecule has 0 radical (unpaired) electrons. The number of halogens is 6. The van der Waals surface area contributed by atoms with Gasteiger partial charge in [-0.05, 0) is 11.6 Å². The maximum atomic E-state index is 13.6. The third-order valence-electron chi connectivity index (χ3n) is 2.42. The van der Waals surface area contributed by atoms with Crippen molar-refractivity contribution in [2.24, 2.45) is 0 Å². The van der Waals surface area contributed by atoms with E-state index in [-0.39, 0.29) is 12.2 Å². The highest BCUT2D eigenvalue weighted by molar-refractivity contribution is 6.28. The quantitative estimate of drug-likeness (QED) is 0.484. The lowest BCUT2D eigenvalue weighted by Crippen LogP contribution is -2.12. The van der Waals surface area contributed by atoms with Crippen LogP contribution in [0.2, 0.25) is 5.28 Å². The van der Waals surface area contributed by atoms with Gasteiger partial charge in [-0.25, -0.2) is 22.0 Å². The number of hydrogen-bond acceptors (Lipinski definition) is 2. The average Bonchev–Trinajstić information content (AvgIpc) is 2.76. The molecule has 0 saturated carbocycles. The van der Waals surface area contributed by atoms with Gasteiger partial charge in [0, 0.05) is 6.42 Å². The van der Waals surface area contributed by atoms with Crippen molar-refractivity contribution in [2.45, 2.75) is 13.3 Å². The van der Waals surface area contributed by atoms with Crippen LogP contribution in [-0.4, -0.2) is 14.8 Å². The molecule has 1 aromatic heterocycles. The van der Waals surface area contributed by atoms with E-state index in [2.05, 4.69) is 10.2 Å². The summed E-state index contributed by atoms with van der Waals surface area (Å²) in [7, 11) is 0. The van der Waals surface area contributed by atoms with Crippen molar-refractivity contribution in [3.05, 3.63) is 40.2 Å². The van der Waals surface area contributed by atoms with Crippen LogP contribution in [0.15, 0.2) is 0 Å². The van der Waals surface area contributed by atoms with Gasteiger partial charge in [-0.15, -0.1) is 10.2 Å². The second-order valence-electron chi connectivity index (χ2n) is 3.49. The molecule has 0 amide bonds. The minimum absolute atomic E-state index is 0.0341. The predicted molar refractivity (Wildman–Crippen MR) is 55.5 cm³/mol. The summed E-state index contributed by atoms with van der Waals surface area (Å²) in [6.07, 6.45) is 0.138. The monoisotopic (exact) mass is 297 g/mol. The Kier molecular flexibility index (Phi) is 3.44. The summed E-state index contributed by atoms with van der Waals surface area (Å²) in [6, 6.07) is 0. The minimum atomic E-state index is -2.24. The highest BCUT2D eigenvalue weighted by Gasteiger charge is 2.29. The van der Waals surface area contributed by atoms with Crippen LogP contribution in [0, 0.1) is 29.1 Å². The average molecular weight is 298 g/mol. The Morgan fingerprint density at radius 3 is 1.84 bits per heavy atom. The molecular formula is C10H5ClF5N3. The Morgan fingerprint density at radius 1 is 0.895 bits per heavy atom. The van der Waals surface area contributed by atoms with Crippen LogP contribution < -0.4 is 0 Å². The summed E-state index contributed by atoms with van der Waals surface area (Å²) >= 11 is 5.56. The zero-order valence-corrected chi connectivity index (χ0v) is 10.1. The van der Waals surface area contributed by atoms with Crippen LogP contribution in [0.5, 0.6) is 0 Å². The molecule has 2 aromatic rings. The topological polar surface area (TPSA) is 30.7 Å². The Balaban J connectivity index is 2.87. The van der Waals surface area contributed by atoms with Crippen LogP contribution in [0.1, 0.15) is 12.7 Å². The summed E-state index contributed by atoms with van der Waals surface area (Å²) in [5.74, 6) is -10.4. The van der Waals surface area contributed by atoms with Gasteiger partial charge in [0.1, 0.15) is 11.5 Å². The van der Waals surface area contributed by atoms with Crippen molar-refractivity contribution < 1.29 is 22.0 Å². The smallest absolute Gasteiger partial charge is 0.229 e. The Labute approximate surface area is 108 Å². The molecule has 0 aliphatic heterocycles. The van der Waals surface area contributed by atoms with E-state index >= 15 is 0 Å². The molecule has 0 fully saturated rings. The van der Waals surface area contributed by atoms with E-state index < -0.39 is 40.1 Å². The second kappa shape index (κ2) is 4.76. The van der Waals surface area contributed by atoms with E-state index in [4.69, 9.17) is 11.6 Å². The maximum absolute atomic E-state index is 13.6. The van der Waals surface area contributed by atoms with Crippen LogP contribution in [-0.2, 0) is 6.42 Å². The molecule has 0 spiro atoms. The van der Waals surface area contributed by atoms with Crippen molar-refractivity contribution >= 4 is 11.6 Å². The first-order valence-corrected chi connectivity index (χ1v) is 5.39. The summed E-state index contributed by atoms with van der Waals surface area (Å²) in [5.41, 5.74) is -1.19. The van der Waals surface area contributed by atoms with Gasteiger partial charge in [0.25, 0.3) is 0 Å². The molecular weight excluding hydrogens is 293 g/mol. The van der Waals surface area contributed by atoms with Crippen molar-refractivity contribution in [1.29, 1.82) is 0 Å². The van der Waals surface area contributed by atoms with Crippen LogP contribution in [0.3, 0.4) is 0 Å². The van der Waals surface area contributed by atoms with Gasteiger partial charge in [-0.3, -0.25) is 4.57 Å². The van der Waals surface area contributed by atoms with Crippen LogP contribution in [0.4, 0.5) is 22.0 Å². The molecule has 0 aliphatic rings. The Bertz CT molecular complexity index is 626. The Hall–Kier alpha value is -1.70. The lowest BCUT2D eigenvalue weighted by molar-refractivity contribution is 0.375. The van der Waals surface area contributed by atoms with Gasteiger partial charge in [0.15, 0.2) is 23.3 Å². The molecule has 0 bridgehead atoms. The second-order valence-corrected chi connectivity index (χ2v) is 3.83. The van der Waals surface area contributed by atoms with Gasteiger partial charge in [-0.2, -0.15) is 0 Å². The van der Waals surface area contributed by atoms with E-state index in [0.29, 0.717) is 4.57 Å². The molecule has 0 aliphatic carbocycles. The lowest BCUT2D eigenvalue weighted by atomic mass is 10.2. The standard InChI is InChI=1S/C10H5ClF5N3/c1-2-3-17-18-10(11)19(3)9-7(15)5(13)4(12)6(14)8(9)16/h2H2,1H3. The third kappa shape index (κ3) is 1.95. The van der Waals surface area contributed by atoms with Crippen molar-refractivity contribution in [3.63, 3.8) is 0 Å². The van der Waals surface area contributed by atoms with Crippen LogP contribution in [0.25, 0.3) is 5.69 Å². The van der Waals surface area contributed by atoms with Gasteiger partial charge in [-0.1, -0.05) is 6.92 Å². The predicted octanol–water partition coefficient (Wildman–Crippen LogP) is 3.18. The number of aryl methyl sites for hydroxylation is 1. The van der Waals surface area contributed by atoms with Crippen molar-refractivity contribution in [1.82, 2.24) is 14.8 Å². The first-order valence-electron chi connectivity index (χ1n) is 5.01. The van der Waals surface area contributed by atoms with Gasteiger partial charge >= 0.3 is 0 Å². The van der Waals surface area contributed by atoms with Gasteiger partial charge < -0.3 is 0 Å². The fraction of sp³-hybridized carbons (Fsp3) is 0.200. The molecule has 102 valence electrons. The van der Waals surface area contributed by atoms with Gasteiger partial charge in [0.2, 0.25) is 11.1 Å². The minimum Gasteiger partial charge on any atom is -0.264 e. The summed E-state index contributed by atoms with van der Waals surface area (Å²) in [5, 5.41) is 6.32. The highest BCUT2D eigenvalue weighted by Crippen LogP contribution is 2.28. The summed E-state index contributed by atoms with van der Waals surface area (Å²) in [4.78, 5) is 0. The molecule has 19 heavy (non-hydrogen) atoms. The largest absolute Gasteiger partial charge is 0.264 e. The molecule has 0 N–H and O–H groups in total. The van der Waals surface area contributed by atoms with Crippen molar-refractivity contribution in [3.8, 4) is 5.69 Å². The van der Waals surface area contributed by atoms with E-state index in [1.807, 2.05) is 0 Å². The van der Waals surface area contributed by atoms with E-state index in [9.17, 15) is 22.0 Å². The zero-order valence-electron chi connectivity index (χ0n) is 9.32. The fourth-order valence-electron chi connectivity index (χ4n) is 1.53. The molecule has 0 atom stereocenters.